The summed E-state index contributed by atoms with van der Waals surface area (Å²) in [7, 11) is 0. The van der Waals surface area contributed by atoms with E-state index in [1.807, 2.05) is 0 Å². The molecule has 0 amide bonds. The summed E-state index contributed by atoms with van der Waals surface area (Å²) >= 11 is 0. The van der Waals surface area contributed by atoms with E-state index in [-0.39, 0.29) is 23.2 Å². The van der Waals surface area contributed by atoms with Gasteiger partial charge in [-0.3, -0.25) is 0 Å². The van der Waals surface area contributed by atoms with Crippen molar-refractivity contribution in [2.45, 2.75) is 26.6 Å². The number of aromatic carboxylic acids is 1. The summed E-state index contributed by atoms with van der Waals surface area (Å²) in [5.41, 5.74) is -0.142. The van der Waals surface area contributed by atoms with Crippen molar-refractivity contribution in [3.8, 4) is 11.5 Å². The molecular weight excluding hydrogens is 234 g/mol. The van der Waals surface area contributed by atoms with E-state index in [2.05, 4.69) is 4.74 Å². The van der Waals surface area contributed by atoms with Gasteiger partial charge in [-0.25, -0.2) is 4.79 Å². The van der Waals surface area contributed by atoms with Crippen LogP contribution < -0.4 is 9.47 Å². The first kappa shape index (κ1) is 13.2. The molecule has 0 radical (unpaired) electrons. The van der Waals surface area contributed by atoms with Gasteiger partial charge in [0.25, 0.3) is 0 Å². The Bertz CT molecular complexity index is 404. The first-order valence-corrected chi connectivity index (χ1v) is 4.89. The van der Waals surface area contributed by atoms with Crippen molar-refractivity contribution in [3.63, 3.8) is 0 Å². The lowest BCUT2D eigenvalue weighted by Crippen LogP contribution is -2.10. The van der Waals surface area contributed by atoms with Crippen molar-refractivity contribution in [2.75, 3.05) is 0 Å². The molecule has 0 aliphatic carbocycles. The van der Waals surface area contributed by atoms with Crippen LogP contribution in [0.15, 0.2) is 18.2 Å². The van der Waals surface area contributed by atoms with Crippen LogP contribution in [0.5, 0.6) is 11.5 Å². The fraction of sp³-hybridized carbons (Fsp3) is 0.364. The standard InChI is InChI=1S/C11H12F2O4/c1-6(2)16-8-4-3-7(10(14)15)5-9(8)17-11(12)13/h3-6,11H,1-2H3,(H,14,15). The number of alkyl halides is 2. The number of carboxylic acid groups (broad SMARTS) is 1. The number of rotatable bonds is 5. The Labute approximate surface area is 96.8 Å². The zero-order valence-electron chi connectivity index (χ0n) is 9.31. The topological polar surface area (TPSA) is 55.8 Å². The van der Waals surface area contributed by atoms with Gasteiger partial charge in [0.15, 0.2) is 11.5 Å². The third-order valence-electron chi connectivity index (χ3n) is 1.77. The quantitative estimate of drug-likeness (QED) is 0.867. The second-order valence-electron chi connectivity index (χ2n) is 3.51. The highest BCUT2D eigenvalue weighted by Crippen LogP contribution is 2.30. The molecule has 94 valence electrons. The van der Waals surface area contributed by atoms with Crippen LogP contribution in [-0.2, 0) is 0 Å². The first-order valence-electron chi connectivity index (χ1n) is 4.89. The van der Waals surface area contributed by atoms with Gasteiger partial charge in [-0.1, -0.05) is 0 Å². The van der Waals surface area contributed by atoms with E-state index in [4.69, 9.17) is 9.84 Å². The molecule has 4 nitrogen and oxygen atoms in total. The van der Waals surface area contributed by atoms with Crippen LogP contribution >= 0.6 is 0 Å². The van der Waals surface area contributed by atoms with Crippen LogP contribution in [-0.4, -0.2) is 23.8 Å². The average molecular weight is 246 g/mol. The summed E-state index contributed by atoms with van der Waals surface area (Å²) in [5.74, 6) is -1.42. The Hall–Kier alpha value is -1.85. The van der Waals surface area contributed by atoms with Gasteiger partial charge in [0.2, 0.25) is 0 Å². The highest BCUT2D eigenvalue weighted by atomic mass is 19.3. The Morgan fingerprint density at radius 2 is 1.88 bits per heavy atom. The number of benzene rings is 1. The zero-order chi connectivity index (χ0) is 13.0. The Morgan fingerprint density at radius 1 is 1.24 bits per heavy atom. The smallest absolute Gasteiger partial charge is 0.387 e. The highest BCUT2D eigenvalue weighted by Gasteiger charge is 2.15. The molecule has 0 aliphatic rings. The molecule has 0 aromatic heterocycles. The molecule has 0 spiro atoms. The van der Waals surface area contributed by atoms with Gasteiger partial charge in [0.1, 0.15) is 0 Å². The maximum Gasteiger partial charge on any atom is 0.387 e. The van der Waals surface area contributed by atoms with Gasteiger partial charge < -0.3 is 14.6 Å². The number of ether oxygens (including phenoxy) is 2. The summed E-state index contributed by atoms with van der Waals surface area (Å²) in [6.45, 7) is 0.405. The maximum absolute atomic E-state index is 12.1. The van der Waals surface area contributed by atoms with Crippen molar-refractivity contribution in [2.24, 2.45) is 0 Å². The molecule has 1 N–H and O–H groups in total. The van der Waals surface area contributed by atoms with E-state index in [1.165, 1.54) is 12.1 Å². The number of carbonyl (C=O) groups is 1. The summed E-state index contributed by atoms with van der Waals surface area (Å²) in [6.07, 6.45) is -0.231. The van der Waals surface area contributed by atoms with Crippen LogP contribution in [0.25, 0.3) is 0 Å². The predicted octanol–water partition coefficient (Wildman–Crippen LogP) is 2.77. The Balaban J connectivity index is 3.07. The maximum atomic E-state index is 12.1. The number of hydrogen-bond donors (Lipinski definition) is 1. The average Bonchev–Trinajstić information content (AvgIpc) is 2.18. The lowest BCUT2D eigenvalue weighted by Gasteiger charge is -2.14. The van der Waals surface area contributed by atoms with Crippen molar-refractivity contribution in [1.29, 1.82) is 0 Å². The van der Waals surface area contributed by atoms with Gasteiger partial charge in [-0.2, -0.15) is 8.78 Å². The highest BCUT2D eigenvalue weighted by molar-refractivity contribution is 5.88. The van der Waals surface area contributed by atoms with Gasteiger partial charge in [0, 0.05) is 0 Å². The molecule has 0 unspecified atom stereocenters. The molecule has 1 aromatic carbocycles. The molecule has 0 saturated carbocycles. The third-order valence-corrected chi connectivity index (χ3v) is 1.77. The summed E-state index contributed by atoms with van der Waals surface area (Å²) < 4.78 is 33.7. The molecule has 6 heteroatoms. The SMILES string of the molecule is CC(C)Oc1ccc(C(=O)O)cc1OC(F)F. The van der Waals surface area contributed by atoms with Crippen LogP contribution in [0.3, 0.4) is 0 Å². The summed E-state index contributed by atoms with van der Waals surface area (Å²) in [4.78, 5) is 10.7. The molecule has 17 heavy (non-hydrogen) atoms. The summed E-state index contributed by atoms with van der Waals surface area (Å²) in [5, 5.41) is 8.73. The number of carboxylic acids is 1. The molecule has 0 aliphatic heterocycles. The minimum absolute atomic E-state index is 0.0882. The number of hydrogen-bond acceptors (Lipinski definition) is 3. The van der Waals surface area contributed by atoms with Crippen LogP contribution in [0, 0.1) is 0 Å². The monoisotopic (exact) mass is 246 g/mol. The third kappa shape index (κ3) is 3.90. The molecule has 0 heterocycles. The number of halogens is 2. The minimum Gasteiger partial charge on any atom is -0.487 e. The lowest BCUT2D eigenvalue weighted by atomic mass is 10.2. The largest absolute Gasteiger partial charge is 0.487 e. The van der Waals surface area contributed by atoms with Crippen LogP contribution in [0.1, 0.15) is 24.2 Å². The molecule has 1 aromatic rings. The normalized spacial score (nSPS) is 10.7. The molecular formula is C11H12F2O4. The second-order valence-corrected chi connectivity index (χ2v) is 3.51. The van der Waals surface area contributed by atoms with E-state index in [1.54, 1.807) is 13.8 Å². The van der Waals surface area contributed by atoms with E-state index < -0.39 is 12.6 Å². The fourth-order valence-corrected chi connectivity index (χ4v) is 1.18. The van der Waals surface area contributed by atoms with Crippen molar-refractivity contribution >= 4 is 5.97 Å². The second kappa shape index (κ2) is 5.47. The van der Waals surface area contributed by atoms with Crippen LogP contribution in [0.4, 0.5) is 8.78 Å². The Kier molecular flexibility index (Phi) is 4.25. The van der Waals surface area contributed by atoms with E-state index in [0.717, 1.165) is 6.07 Å². The van der Waals surface area contributed by atoms with Crippen LogP contribution in [0.2, 0.25) is 0 Å². The molecule has 0 saturated heterocycles. The van der Waals surface area contributed by atoms with Gasteiger partial charge in [-0.15, -0.1) is 0 Å². The van der Waals surface area contributed by atoms with Crippen molar-refractivity contribution in [1.82, 2.24) is 0 Å². The molecule has 0 bridgehead atoms. The Morgan fingerprint density at radius 3 is 2.35 bits per heavy atom. The van der Waals surface area contributed by atoms with E-state index >= 15 is 0 Å². The first-order chi connectivity index (χ1) is 7.90. The van der Waals surface area contributed by atoms with E-state index in [9.17, 15) is 13.6 Å². The molecule has 1 rings (SSSR count). The zero-order valence-corrected chi connectivity index (χ0v) is 9.31. The van der Waals surface area contributed by atoms with Gasteiger partial charge >= 0.3 is 12.6 Å². The fourth-order valence-electron chi connectivity index (χ4n) is 1.18. The van der Waals surface area contributed by atoms with Crippen molar-refractivity contribution in [3.05, 3.63) is 23.8 Å². The summed E-state index contributed by atoms with van der Waals surface area (Å²) in [6, 6.07) is 3.56. The molecule has 0 atom stereocenters. The van der Waals surface area contributed by atoms with E-state index in [0.29, 0.717) is 0 Å². The minimum atomic E-state index is -3.03. The lowest BCUT2D eigenvalue weighted by molar-refractivity contribution is -0.0519. The molecule has 0 fully saturated rings. The van der Waals surface area contributed by atoms with Gasteiger partial charge in [0.05, 0.1) is 11.7 Å². The van der Waals surface area contributed by atoms with Gasteiger partial charge in [-0.05, 0) is 32.0 Å². The predicted molar refractivity (Wildman–Crippen MR) is 55.8 cm³/mol. The van der Waals surface area contributed by atoms with Crippen molar-refractivity contribution < 1.29 is 28.2 Å².